The summed E-state index contributed by atoms with van der Waals surface area (Å²) < 4.78 is 5.91. The van der Waals surface area contributed by atoms with Crippen LogP contribution >= 0.6 is 0 Å². The summed E-state index contributed by atoms with van der Waals surface area (Å²) in [5, 5.41) is 0. The van der Waals surface area contributed by atoms with Crippen molar-refractivity contribution in [2.24, 2.45) is 11.8 Å². The van der Waals surface area contributed by atoms with Gasteiger partial charge < -0.3 is 4.74 Å². The third-order valence-electron chi connectivity index (χ3n) is 3.41. The molecule has 1 saturated carbocycles. The summed E-state index contributed by atoms with van der Waals surface area (Å²) in [6.07, 6.45) is 8.27. The second-order valence-corrected chi connectivity index (χ2v) is 5.53. The van der Waals surface area contributed by atoms with Crippen molar-refractivity contribution in [2.45, 2.75) is 46.0 Å². The molecule has 0 spiro atoms. The number of aromatic nitrogens is 1. The zero-order valence-electron chi connectivity index (χ0n) is 11.0. The molecule has 2 nitrogen and oxygen atoms in total. The van der Waals surface area contributed by atoms with E-state index in [1.54, 1.807) is 0 Å². The van der Waals surface area contributed by atoms with Crippen LogP contribution < -0.4 is 4.74 Å². The lowest BCUT2D eigenvalue weighted by molar-refractivity contribution is 0.240. The lowest BCUT2D eigenvalue weighted by Crippen LogP contribution is -2.10. The quantitative estimate of drug-likeness (QED) is 0.770. The van der Waals surface area contributed by atoms with E-state index in [1.807, 2.05) is 12.3 Å². The Labute approximate surface area is 104 Å². The highest BCUT2D eigenvalue weighted by Crippen LogP contribution is 2.26. The van der Waals surface area contributed by atoms with E-state index >= 15 is 0 Å². The van der Waals surface area contributed by atoms with Gasteiger partial charge in [-0.25, -0.2) is 4.98 Å². The molecule has 94 valence electrons. The molecule has 1 aliphatic carbocycles. The van der Waals surface area contributed by atoms with Crippen LogP contribution in [0, 0.1) is 11.8 Å². The Morgan fingerprint density at radius 1 is 1.35 bits per heavy atom. The summed E-state index contributed by atoms with van der Waals surface area (Å²) >= 11 is 0. The summed E-state index contributed by atoms with van der Waals surface area (Å²) in [4.78, 5) is 4.37. The molecule has 17 heavy (non-hydrogen) atoms. The van der Waals surface area contributed by atoms with Crippen LogP contribution in [0.1, 0.15) is 45.1 Å². The topological polar surface area (TPSA) is 22.1 Å². The van der Waals surface area contributed by atoms with Gasteiger partial charge in [0.2, 0.25) is 5.88 Å². The lowest BCUT2D eigenvalue weighted by Gasteiger charge is -2.14. The zero-order chi connectivity index (χ0) is 12.1. The molecule has 0 aliphatic heterocycles. The lowest BCUT2D eigenvalue weighted by atomic mass is 10.0. The van der Waals surface area contributed by atoms with Crippen LogP contribution in [0.2, 0.25) is 0 Å². The summed E-state index contributed by atoms with van der Waals surface area (Å²) in [5.74, 6) is 2.25. The van der Waals surface area contributed by atoms with Crippen molar-refractivity contribution in [3.8, 4) is 5.88 Å². The third kappa shape index (κ3) is 3.72. The normalized spacial score (nSPS) is 16.6. The SMILES string of the molecule is CC(C)Cc1cccnc1OCC1CCCC1. The van der Waals surface area contributed by atoms with E-state index in [0.717, 1.165) is 24.8 Å². The molecule has 1 fully saturated rings. The van der Waals surface area contributed by atoms with Crippen molar-refractivity contribution in [1.82, 2.24) is 4.98 Å². The molecule has 0 N–H and O–H groups in total. The number of hydrogen-bond donors (Lipinski definition) is 0. The molecule has 0 unspecified atom stereocenters. The van der Waals surface area contributed by atoms with Crippen molar-refractivity contribution in [3.63, 3.8) is 0 Å². The van der Waals surface area contributed by atoms with Gasteiger partial charge in [-0.1, -0.05) is 32.8 Å². The molecule has 1 aliphatic rings. The van der Waals surface area contributed by atoms with Gasteiger partial charge in [0.25, 0.3) is 0 Å². The van der Waals surface area contributed by atoms with Crippen molar-refractivity contribution >= 4 is 0 Å². The Balaban J connectivity index is 1.94. The molecule has 2 rings (SSSR count). The molecule has 0 aromatic carbocycles. The molecule has 1 aromatic rings. The molecule has 1 heterocycles. The molecule has 0 amide bonds. The van der Waals surface area contributed by atoms with E-state index < -0.39 is 0 Å². The van der Waals surface area contributed by atoms with Crippen LogP contribution in [0.5, 0.6) is 5.88 Å². The van der Waals surface area contributed by atoms with Crippen LogP contribution in [0.4, 0.5) is 0 Å². The standard InChI is InChI=1S/C15H23NO/c1-12(2)10-14-8-5-9-16-15(14)17-11-13-6-3-4-7-13/h5,8-9,12-13H,3-4,6-7,10-11H2,1-2H3. The number of rotatable bonds is 5. The van der Waals surface area contributed by atoms with Crippen LogP contribution in [0.3, 0.4) is 0 Å². The van der Waals surface area contributed by atoms with Gasteiger partial charge in [-0.3, -0.25) is 0 Å². The van der Waals surface area contributed by atoms with Crippen molar-refractivity contribution in [2.75, 3.05) is 6.61 Å². The Kier molecular flexibility index (Phi) is 4.41. The first-order chi connectivity index (χ1) is 8.25. The van der Waals surface area contributed by atoms with Crippen LogP contribution in [0.15, 0.2) is 18.3 Å². The highest BCUT2D eigenvalue weighted by molar-refractivity contribution is 5.25. The third-order valence-corrected chi connectivity index (χ3v) is 3.41. The minimum atomic E-state index is 0.646. The Morgan fingerprint density at radius 2 is 2.12 bits per heavy atom. The van der Waals surface area contributed by atoms with Gasteiger partial charge in [0.05, 0.1) is 6.61 Å². The van der Waals surface area contributed by atoms with Crippen LogP contribution in [0.25, 0.3) is 0 Å². The molecular weight excluding hydrogens is 210 g/mol. The van der Waals surface area contributed by atoms with Gasteiger partial charge in [-0.05, 0) is 37.2 Å². The van der Waals surface area contributed by atoms with E-state index in [2.05, 4.69) is 24.9 Å². The van der Waals surface area contributed by atoms with Gasteiger partial charge >= 0.3 is 0 Å². The van der Waals surface area contributed by atoms with Crippen molar-refractivity contribution in [3.05, 3.63) is 23.9 Å². The second kappa shape index (κ2) is 6.04. The van der Waals surface area contributed by atoms with Gasteiger partial charge in [0.15, 0.2) is 0 Å². The smallest absolute Gasteiger partial charge is 0.216 e. The zero-order valence-corrected chi connectivity index (χ0v) is 11.0. The maximum Gasteiger partial charge on any atom is 0.216 e. The van der Waals surface area contributed by atoms with E-state index in [0.29, 0.717) is 5.92 Å². The van der Waals surface area contributed by atoms with E-state index in [4.69, 9.17) is 4.74 Å². The van der Waals surface area contributed by atoms with Crippen molar-refractivity contribution in [1.29, 1.82) is 0 Å². The number of nitrogens with zero attached hydrogens (tertiary/aromatic N) is 1. The predicted molar refractivity (Wildman–Crippen MR) is 70.2 cm³/mol. The summed E-state index contributed by atoms with van der Waals surface area (Å²) in [6, 6.07) is 4.14. The van der Waals surface area contributed by atoms with Gasteiger partial charge in [-0.2, -0.15) is 0 Å². The summed E-state index contributed by atoms with van der Waals surface area (Å²) in [6.45, 7) is 5.31. The average Bonchev–Trinajstić information content (AvgIpc) is 2.80. The maximum atomic E-state index is 5.91. The molecule has 0 atom stereocenters. The van der Waals surface area contributed by atoms with Crippen LogP contribution in [-0.2, 0) is 6.42 Å². The Hall–Kier alpha value is -1.05. The van der Waals surface area contributed by atoms with E-state index in [1.165, 1.54) is 31.2 Å². The molecule has 0 saturated heterocycles. The van der Waals surface area contributed by atoms with Gasteiger partial charge in [-0.15, -0.1) is 0 Å². The Bertz CT molecular complexity index is 343. The Morgan fingerprint density at radius 3 is 2.82 bits per heavy atom. The number of hydrogen-bond acceptors (Lipinski definition) is 2. The highest BCUT2D eigenvalue weighted by atomic mass is 16.5. The first-order valence-corrected chi connectivity index (χ1v) is 6.82. The first kappa shape index (κ1) is 12.4. The summed E-state index contributed by atoms with van der Waals surface area (Å²) in [5.41, 5.74) is 1.25. The minimum Gasteiger partial charge on any atom is -0.477 e. The average molecular weight is 233 g/mol. The summed E-state index contributed by atoms with van der Waals surface area (Å²) in [7, 11) is 0. The monoisotopic (exact) mass is 233 g/mol. The fourth-order valence-corrected chi connectivity index (χ4v) is 2.52. The second-order valence-electron chi connectivity index (χ2n) is 5.53. The predicted octanol–water partition coefficient (Wildman–Crippen LogP) is 3.85. The van der Waals surface area contributed by atoms with Gasteiger partial charge in [0, 0.05) is 11.8 Å². The van der Waals surface area contributed by atoms with E-state index in [9.17, 15) is 0 Å². The maximum absolute atomic E-state index is 5.91. The molecule has 0 bridgehead atoms. The van der Waals surface area contributed by atoms with Crippen molar-refractivity contribution < 1.29 is 4.74 Å². The molecule has 0 radical (unpaired) electrons. The largest absolute Gasteiger partial charge is 0.477 e. The minimum absolute atomic E-state index is 0.646. The highest BCUT2D eigenvalue weighted by Gasteiger charge is 2.16. The van der Waals surface area contributed by atoms with Gasteiger partial charge in [0.1, 0.15) is 0 Å². The molecule has 1 aromatic heterocycles. The number of ether oxygens (including phenoxy) is 1. The number of pyridine rings is 1. The first-order valence-electron chi connectivity index (χ1n) is 6.82. The molecular formula is C15H23NO. The molecule has 2 heteroatoms. The fraction of sp³-hybridized carbons (Fsp3) is 0.667. The fourth-order valence-electron chi connectivity index (χ4n) is 2.52. The van der Waals surface area contributed by atoms with E-state index in [-0.39, 0.29) is 0 Å². The van der Waals surface area contributed by atoms with Crippen LogP contribution in [-0.4, -0.2) is 11.6 Å².